The largest absolute Gasteiger partial charge is 0.383 e. The van der Waals surface area contributed by atoms with Crippen molar-refractivity contribution in [3.63, 3.8) is 0 Å². The minimum absolute atomic E-state index is 0.208. The second kappa shape index (κ2) is 4.14. The topological polar surface area (TPSA) is 21.3 Å². The molecule has 0 aromatic heterocycles. The predicted octanol–water partition coefficient (Wildman–Crippen LogP) is 2.31. The van der Waals surface area contributed by atoms with E-state index in [-0.39, 0.29) is 5.54 Å². The highest BCUT2D eigenvalue weighted by molar-refractivity contribution is 5.02. The fourth-order valence-corrected chi connectivity index (χ4v) is 1.48. The van der Waals surface area contributed by atoms with Crippen molar-refractivity contribution in [2.24, 2.45) is 5.92 Å². The summed E-state index contributed by atoms with van der Waals surface area (Å²) in [4.78, 5) is 0. The van der Waals surface area contributed by atoms with E-state index < -0.39 is 0 Å². The second-order valence-corrected chi connectivity index (χ2v) is 4.48. The molecule has 76 valence electrons. The van der Waals surface area contributed by atoms with E-state index >= 15 is 0 Å². The Morgan fingerprint density at radius 2 is 1.92 bits per heavy atom. The zero-order valence-electron chi connectivity index (χ0n) is 9.02. The zero-order chi connectivity index (χ0) is 9.90. The molecule has 1 fully saturated rings. The van der Waals surface area contributed by atoms with Crippen LogP contribution in [0.2, 0.25) is 0 Å². The SMILES string of the molecule is C=C(NC1(C)CCOCC1)C(C)C. The molecule has 2 heteroatoms. The summed E-state index contributed by atoms with van der Waals surface area (Å²) in [6.45, 7) is 12.4. The van der Waals surface area contributed by atoms with Gasteiger partial charge in [-0.2, -0.15) is 0 Å². The fraction of sp³-hybridized carbons (Fsp3) is 0.818. The summed E-state index contributed by atoms with van der Waals surface area (Å²) in [5.74, 6) is 0.514. The van der Waals surface area contributed by atoms with Gasteiger partial charge in [-0.15, -0.1) is 0 Å². The van der Waals surface area contributed by atoms with Gasteiger partial charge in [0.05, 0.1) is 0 Å². The van der Waals surface area contributed by atoms with Crippen molar-refractivity contribution in [1.82, 2.24) is 5.32 Å². The molecule has 0 aromatic carbocycles. The van der Waals surface area contributed by atoms with Crippen molar-refractivity contribution in [2.75, 3.05) is 13.2 Å². The van der Waals surface area contributed by atoms with Crippen LogP contribution in [-0.4, -0.2) is 18.8 Å². The van der Waals surface area contributed by atoms with E-state index in [1.807, 2.05) is 0 Å². The summed E-state index contributed by atoms with van der Waals surface area (Å²) in [5.41, 5.74) is 1.35. The first kappa shape index (κ1) is 10.6. The van der Waals surface area contributed by atoms with E-state index in [1.165, 1.54) is 0 Å². The Labute approximate surface area is 81.4 Å². The van der Waals surface area contributed by atoms with Gasteiger partial charge in [-0.25, -0.2) is 0 Å². The van der Waals surface area contributed by atoms with Crippen LogP contribution in [0.1, 0.15) is 33.6 Å². The van der Waals surface area contributed by atoms with Crippen LogP contribution < -0.4 is 5.32 Å². The lowest BCUT2D eigenvalue weighted by Crippen LogP contribution is -2.46. The molecule has 0 saturated carbocycles. The monoisotopic (exact) mass is 183 g/mol. The standard InChI is InChI=1S/C11H21NO/c1-9(2)10(3)12-11(4)5-7-13-8-6-11/h9,12H,3,5-8H2,1-2,4H3. The number of hydrogen-bond acceptors (Lipinski definition) is 2. The summed E-state index contributed by atoms with van der Waals surface area (Å²) in [6.07, 6.45) is 2.16. The Hall–Kier alpha value is -0.500. The van der Waals surface area contributed by atoms with E-state index in [9.17, 15) is 0 Å². The van der Waals surface area contributed by atoms with Gasteiger partial charge in [-0.05, 0) is 25.7 Å². The lowest BCUT2D eigenvalue weighted by molar-refractivity contribution is 0.0482. The van der Waals surface area contributed by atoms with Gasteiger partial charge in [0.1, 0.15) is 0 Å². The molecule has 1 aliphatic heterocycles. The number of rotatable bonds is 3. The normalized spacial score (nSPS) is 21.5. The predicted molar refractivity (Wildman–Crippen MR) is 55.6 cm³/mol. The first-order valence-electron chi connectivity index (χ1n) is 5.08. The maximum atomic E-state index is 5.34. The molecule has 0 spiro atoms. The van der Waals surface area contributed by atoms with E-state index in [2.05, 4.69) is 32.7 Å². The fourth-order valence-electron chi connectivity index (χ4n) is 1.48. The molecule has 0 aromatic rings. The van der Waals surface area contributed by atoms with Crippen molar-refractivity contribution >= 4 is 0 Å². The van der Waals surface area contributed by atoms with E-state index in [1.54, 1.807) is 0 Å². The number of allylic oxidation sites excluding steroid dienone is 1. The molecular formula is C11H21NO. The van der Waals surface area contributed by atoms with E-state index in [0.717, 1.165) is 31.8 Å². The molecule has 1 saturated heterocycles. The van der Waals surface area contributed by atoms with Gasteiger partial charge < -0.3 is 10.1 Å². The van der Waals surface area contributed by atoms with Crippen molar-refractivity contribution in [1.29, 1.82) is 0 Å². The smallest absolute Gasteiger partial charge is 0.0488 e. The Morgan fingerprint density at radius 3 is 2.38 bits per heavy atom. The van der Waals surface area contributed by atoms with E-state index in [0.29, 0.717) is 5.92 Å². The van der Waals surface area contributed by atoms with Crippen LogP contribution in [0.25, 0.3) is 0 Å². The molecule has 1 heterocycles. The average Bonchev–Trinajstić information content (AvgIpc) is 2.04. The van der Waals surface area contributed by atoms with Gasteiger partial charge in [-0.1, -0.05) is 20.4 Å². The molecule has 0 aliphatic carbocycles. The average molecular weight is 183 g/mol. The van der Waals surface area contributed by atoms with Crippen LogP contribution >= 0.6 is 0 Å². The second-order valence-electron chi connectivity index (χ2n) is 4.48. The molecule has 0 unspecified atom stereocenters. The Kier molecular flexibility index (Phi) is 3.37. The summed E-state index contributed by atoms with van der Waals surface area (Å²) in [5, 5.41) is 3.52. The molecule has 0 bridgehead atoms. The van der Waals surface area contributed by atoms with Crippen molar-refractivity contribution in [3.8, 4) is 0 Å². The van der Waals surface area contributed by atoms with Gasteiger partial charge in [-0.3, -0.25) is 0 Å². The van der Waals surface area contributed by atoms with Crippen LogP contribution in [0.15, 0.2) is 12.3 Å². The summed E-state index contributed by atoms with van der Waals surface area (Å²) in [6, 6.07) is 0. The third-order valence-corrected chi connectivity index (χ3v) is 2.76. The highest BCUT2D eigenvalue weighted by Crippen LogP contribution is 2.22. The van der Waals surface area contributed by atoms with Crippen LogP contribution in [0, 0.1) is 5.92 Å². The van der Waals surface area contributed by atoms with Crippen molar-refractivity contribution < 1.29 is 4.74 Å². The number of nitrogens with one attached hydrogen (secondary N) is 1. The minimum atomic E-state index is 0.208. The highest BCUT2D eigenvalue weighted by atomic mass is 16.5. The van der Waals surface area contributed by atoms with Gasteiger partial charge >= 0.3 is 0 Å². The summed E-state index contributed by atoms with van der Waals surface area (Å²) in [7, 11) is 0. The molecular weight excluding hydrogens is 162 g/mol. The van der Waals surface area contributed by atoms with Crippen molar-refractivity contribution in [2.45, 2.75) is 39.2 Å². The van der Waals surface area contributed by atoms with Gasteiger partial charge in [0.25, 0.3) is 0 Å². The molecule has 1 N–H and O–H groups in total. The van der Waals surface area contributed by atoms with Crippen LogP contribution in [-0.2, 0) is 4.74 Å². The lowest BCUT2D eigenvalue weighted by Gasteiger charge is -2.37. The quantitative estimate of drug-likeness (QED) is 0.725. The third-order valence-electron chi connectivity index (χ3n) is 2.76. The van der Waals surface area contributed by atoms with Gasteiger partial charge in [0.15, 0.2) is 0 Å². The highest BCUT2D eigenvalue weighted by Gasteiger charge is 2.27. The first-order chi connectivity index (χ1) is 6.03. The molecule has 1 rings (SSSR count). The lowest BCUT2D eigenvalue weighted by atomic mass is 9.91. The van der Waals surface area contributed by atoms with E-state index in [4.69, 9.17) is 4.74 Å². The van der Waals surface area contributed by atoms with Crippen molar-refractivity contribution in [3.05, 3.63) is 12.3 Å². The maximum Gasteiger partial charge on any atom is 0.0488 e. The third kappa shape index (κ3) is 3.03. The van der Waals surface area contributed by atoms with Crippen LogP contribution in [0.5, 0.6) is 0 Å². The molecule has 1 aliphatic rings. The van der Waals surface area contributed by atoms with Gasteiger partial charge in [0, 0.05) is 24.4 Å². The Balaban J connectivity index is 2.45. The zero-order valence-corrected chi connectivity index (χ0v) is 9.02. The molecule has 13 heavy (non-hydrogen) atoms. The molecule has 0 atom stereocenters. The molecule has 0 amide bonds. The number of ether oxygens (including phenoxy) is 1. The van der Waals surface area contributed by atoms with Gasteiger partial charge in [0.2, 0.25) is 0 Å². The minimum Gasteiger partial charge on any atom is -0.383 e. The molecule has 2 nitrogen and oxygen atoms in total. The maximum absolute atomic E-state index is 5.34. The number of hydrogen-bond donors (Lipinski definition) is 1. The van der Waals surface area contributed by atoms with Crippen LogP contribution in [0.3, 0.4) is 0 Å². The Morgan fingerprint density at radius 1 is 1.38 bits per heavy atom. The summed E-state index contributed by atoms with van der Waals surface area (Å²) < 4.78 is 5.34. The van der Waals surface area contributed by atoms with Crippen LogP contribution in [0.4, 0.5) is 0 Å². The molecule has 0 radical (unpaired) electrons. The Bertz CT molecular complexity index is 181. The summed E-state index contributed by atoms with van der Waals surface area (Å²) >= 11 is 0. The first-order valence-corrected chi connectivity index (χ1v) is 5.08.